The maximum Gasteiger partial charge on any atom is 0.286 e. The number of nitrogens with one attached hydrogen (secondary N) is 1. The quantitative estimate of drug-likeness (QED) is 0.604. The molecule has 1 rings (SSSR count). The van der Waals surface area contributed by atoms with E-state index in [2.05, 4.69) is 11.1 Å². The van der Waals surface area contributed by atoms with Crippen LogP contribution in [0.4, 0.5) is 0 Å². The van der Waals surface area contributed by atoms with Gasteiger partial charge in [-0.05, 0) is 12.1 Å². The van der Waals surface area contributed by atoms with Gasteiger partial charge in [-0.3, -0.25) is 4.79 Å². The average Bonchev–Trinajstić information content (AvgIpc) is 2.56. The second kappa shape index (κ2) is 4.56. The van der Waals surface area contributed by atoms with E-state index in [1.807, 2.05) is 0 Å². The Morgan fingerprint density at radius 1 is 1.67 bits per heavy atom. The van der Waals surface area contributed by atoms with Crippen LogP contribution in [0.15, 0.2) is 22.8 Å². The molecular formula is C8H13N2O2+. The Morgan fingerprint density at radius 2 is 2.50 bits per heavy atom. The van der Waals surface area contributed by atoms with E-state index >= 15 is 0 Å². The van der Waals surface area contributed by atoms with Gasteiger partial charge < -0.3 is 15.5 Å². The lowest BCUT2D eigenvalue weighted by Gasteiger charge is -1.99. The summed E-state index contributed by atoms with van der Waals surface area (Å²) in [4.78, 5) is 11.2. The molecule has 0 unspecified atom stereocenters. The van der Waals surface area contributed by atoms with Crippen LogP contribution in [-0.4, -0.2) is 19.0 Å². The van der Waals surface area contributed by atoms with Gasteiger partial charge in [-0.25, -0.2) is 0 Å². The van der Waals surface area contributed by atoms with E-state index < -0.39 is 0 Å². The van der Waals surface area contributed by atoms with Gasteiger partial charge in [0, 0.05) is 13.0 Å². The predicted octanol–water partition coefficient (Wildman–Crippen LogP) is -0.359. The van der Waals surface area contributed by atoms with E-state index in [-0.39, 0.29) is 5.91 Å². The van der Waals surface area contributed by atoms with Crippen LogP contribution in [0.3, 0.4) is 0 Å². The molecule has 0 aliphatic heterocycles. The lowest BCUT2D eigenvalue weighted by atomic mass is 10.4. The Labute approximate surface area is 70.7 Å². The standard InChI is InChI=1S/C8H12N2O2/c9-4-2-5-10-8(11)7-3-1-6-12-7/h1,3,6H,2,4-5,9H2,(H,10,11)/p+1. The smallest absolute Gasteiger partial charge is 0.286 e. The van der Waals surface area contributed by atoms with Crippen LogP contribution < -0.4 is 11.1 Å². The minimum Gasteiger partial charge on any atom is -0.459 e. The van der Waals surface area contributed by atoms with Gasteiger partial charge >= 0.3 is 0 Å². The number of rotatable bonds is 4. The highest BCUT2D eigenvalue weighted by molar-refractivity contribution is 5.91. The molecule has 1 amide bonds. The number of hydrogen-bond donors (Lipinski definition) is 2. The summed E-state index contributed by atoms with van der Waals surface area (Å²) >= 11 is 0. The summed E-state index contributed by atoms with van der Waals surface area (Å²) in [5.41, 5.74) is 3.67. The molecule has 4 N–H and O–H groups in total. The van der Waals surface area contributed by atoms with Gasteiger partial charge in [-0.2, -0.15) is 0 Å². The summed E-state index contributed by atoms with van der Waals surface area (Å²) in [6.07, 6.45) is 2.38. The summed E-state index contributed by atoms with van der Waals surface area (Å²) in [6, 6.07) is 3.33. The van der Waals surface area contributed by atoms with Crippen LogP contribution in [0, 0.1) is 0 Å². The van der Waals surface area contributed by atoms with E-state index in [0.717, 1.165) is 13.0 Å². The molecule has 0 saturated carbocycles. The molecule has 0 fully saturated rings. The fraction of sp³-hybridized carbons (Fsp3) is 0.375. The van der Waals surface area contributed by atoms with Crippen LogP contribution >= 0.6 is 0 Å². The van der Waals surface area contributed by atoms with Crippen molar-refractivity contribution < 1.29 is 14.9 Å². The molecule has 0 aromatic carbocycles. The highest BCUT2D eigenvalue weighted by atomic mass is 16.3. The third kappa shape index (κ3) is 2.39. The highest BCUT2D eigenvalue weighted by Gasteiger charge is 2.05. The third-order valence-electron chi connectivity index (χ3n) is 1.46. The second-order valence-corrected chi connectivity index (χ2v) is 2.44. The van der Waals surface area contributed by atoms with Gasteiger partial charge in [0.15, 0.2) is 5.76 Å². The maximum atomic E-state index is 11.2. The van der Waals surface area contributed by atoms with Crippen molar-refractivity contribution in [3.63, 3.8) is 0 Å². The molecule has 66 valence electrons. The van der Waals surface area contributed by atoms with E-state index in [1.54, 1.807) is 12.1 Å². The topological polar surface area (TPSA) is 69.9 Å². The van der Waals surface area contributed by atoms with E-state index in [1.165, 1.54) is 6.26 Å². The Hall–Kier alpha value is -1.29. The van der Waals surface area contributed by atoms with Crippen molar-refractivity contribution in [3.8, 4) is 0 Å². The minimum absolute atomic E-state index is 0.159. The van der Waals surface area contributed by atoms with Gasteiger partial charge in [0.05, 0.1) is 12.8 Å². The van der Waals surface area contributed by atoms with E-state index in [9.17, 15) is 4.79 Å². The number of carbonyl (C=O) groups is 1. The van der Waals surface area contributed by atoms with E-state index in [4.69, 9.17) is 4.42 Å². The third-order valence-corrected chi connectivity index (χ3v) is 1.46. The van der Waals surface area contributed by atoms with Crippen LogP contribution in [0.5, 0.6) is 0 Å². The summed E-state index contributed by atoms with van der Waals surface area (Å²) < 4.78 is 4.90. The van der Waals surface area contributed by atoms with E-state index in [0.29, 0.717) is 12.3 Å². The molecule has 1 aromatic rings. The maximum absolute atomic E-state index is 11.2. The first-order valence-electron chi connectivity index (χ1n) is 3.95. The number of furan rings is 1. The molecule has 0 atom stereocenters. The molecule has 0 radical (unpaired) electrons. The molecule has 4 heteroatoms. The monoisotopic (exact) mass is 169 g/mol. The number of hydrogen-bond acceptors (Lipinski definition) is 2. The summed E-state index contributed by atoms with van der Waals surface area (Å²) in [6.45, 7) is 1.49. The lowest BCUT2D eigenvalue weighted by molar-refractivity contribution is -0.367. The molecule has 0 bridgehead atoms. The Morgan fingerprint density at radius 3 is 3.08 bits per heavy atom. The fourth-order valence-corrected chi connectivity index (χ4v) is 0.822. The van der Waals surface area contributed by atoms with Crippen molar-refractivity contribution in [3.05, 3.63) is 24.2 Å². The van der Waals surface area contributed by atoms with Crippen LogP contribution in [-0.2, 0) is 0 Å². The zero-order valence-corrected chi connectivity index (χ0v) is 6.88. The molecular weight excluding hydrogens is 156 g/mol. The number of amides is 1. The Bertz CT molecular complexity index is 231. The molecule has 1 heterocycles. The SMILES string of the molecule is [NH3+]CCCNC(=O)c1ccco1. The average molecular weight is 169 g/mol. The van der Waals surface area contributed by atoms with Gasteiger partial charge in [-0.1, -0.05) is 0 Å². The van der Waals surface area contributed by atoms with Crippen LogP contribution in [0.1, 0.15) is 17.0 Å². The Balaban J connectivity index is 2.30. The summed E-state index contributed by atoms with van der Waals surface area (Å²) in [5, 5.41) is 2.71. The van der Waals surface area contributed by atoms with Crippen molar-refractivity contribution in [2.24, 2.45) is 0 Å². The molecule has 0 aliphatic carbocycles. The minimum atomic E-state index is -0.159. The molecule has 0 saturated heterocycles. The first-order valence-corrected chi connectivity index (χ1v) is 3.95. The molecule has 0 spiro atoms. The van der Waals surface area contributed by atoms with Crippen molar-refractivity contribution in [2.45, 2.75) is 6.42 Å². The largest absolute Gasteiger partial charge is 0.459 e. The zero-order chi connectivity index (χ0) is 8.81. The normalized spacial score (nSPS) is 9.75. The number of quaternary nitrogens is 1. The zero-order valence-electron chi connectivity index (χ0n) is 6.88. The Kier molecular flexibility index (Phi) is 3.35. The van der Waals surface area contributed by atoms with Crippen molar-refractivity contribution in [1.82, 2.24) is 5.32 Å². The first kappa shape index (κ1) is 8.80. The molecule has 0 aliphatic rings. The fourth-order valence-electron chi connectivity index (χ4n) is 0.822. The molecule has 12 heavy (non-hydrogen) atoms. The molecule has 1 aromatic heterocycles. The van der Waals surface area contributed by atoms with Gasteiger partial charge in [0.2, 0.25) is 0 Å². The molecule has 4 nitrogen and oxygen atoms in total. The predicted molar refractivity (Wildman–Crippen MR) is 43.4 cm³/mol. The van der Waals surface area contributed by atoms with Crippen molar-refractivity contribution >= 4 is 5.91 Å². The van der Waals surface area contributed by atoms with Gasteiger partial charge in [0.25, 0.3) is 5.91 Å². The first-order chi connectivity index (χ1) is 5.84. The van der Waals surface area contributed by atoms with Gasteiger partial charge in [-0.15, -0.1) is 0 Å². The van der Waals surface area contributed by atoms with Crippen LogP contribution in [0.25, 0.3) is 0 Å². The number of carbonyl (C=O) groups excluding carboxylic acids is 1. The van der Waals surface area contributed by atoms with Crippen molar-refractivity contribution in [1.29, 1.82) is 0 Å². The van der Waals surface area contributed by atoms with Crippen molar-refractivity contribution in [2.75, 3.05) is 13.1 Å². The van der Waals surface area contributed by atoms with Gasteiger partial charge in [0.1, 0.15) is 0 Å². The second-order valence-electron chi connectivity index (χ2n) is 2.44. The van der Waals surface area contributed by atoms with Crippen LogP contribution in [0.2, 0.25) is 0 Å². The highest BCUT2D eigenvalue weighted by Crippen LogP contribution is 1.98. The summed E-state index contributed by atoms with van der Waals surface area (Å²) in [5.74, 6) is 0.201. The lowest BCUT2D eigenvalue weighted by Crippen LogP contribution is -2.51. The summed E-state index contributed by atoms with van der Waals surface area (Å²) in [7, 11) is 0.